The van der Waals surface area contributed by atoms with Crippen LogP contribution < -0.4 is 10.2 Å². The summed E-state index contributed by atoms with van der Waals surface area (Å²) in [5, 5.41) is 3.35. The van der Waals surface area contributed by atoms with E-state index in [0.717, 1.165) is 53.6 Å². The molecule has 1 fully saturated rings. The molecule has 6 heteroatoms. The molecule has 1 aliphatic carbocycles. The van der Waals surface area contributed by atoms with Crippen molar-refractivity contribution in [1.82, 2.24) is 9.88 Å². The molecule has 1 aliphatic heterocycles. The second-order valence-corrected chi connectivity index (χ2v) is 11.0. The molecule has 0 spiro atoms. The van der Waals surface area contributed by atoms with Crippen LogP contribution in [0.5, 0.6) is 0 Å². The number of nitrogens with zero attached hydrogens (tertiary/aromatic N) is 2. The van der Waals surface area contributed by atoms with Crippen molar-refractivity contribution in [3.63, 3.8) is 0 Å². The average molecular weight is 464 g/mol. The van der Waals surface area contributed by atoms with Crippen LogP contribution in [0.4, 0.5) is 5.69 Å². The summed E-state index contributed by atoms with van der Waals surface area (Å²) in [5.74, 6) is -0.153. The lowest BCUT2D eigenvalue weighted by atomic mass is 9.92. The highest BCUT2D eigenvalue weighted by Gasteiger charge is 2.49. The molecule has 2 aromatic heterocycles. The minimum absolute atomic E-state index is 0.0514. The molecule has 33 heavy (non-hydrogen) atoms. The second kappa shape index (κ2) is 8.64. The van der Waals surface area contributed by atoms with E-state index in [1.807, 2.05) is 44.2 Å². The van der Waals surface area contributed by atoms with E-state index in [1.54, 1.807) is 16.2 Å². The molecule has 3 aromatic rings. The Kier molecular flexibility index (Phi) is 5.81. The number of hydrogen-bond acceptors (Lipinski definition) is 3. The largest absolute Gasteiger partial charge is 0.351 e. The van der Waals surface area contributed by atoms with Crippen LogP contribution in [0.25, 0.3) is 10.2 Å². The Morgan fingerprint density at radius 2 is 1.88 bits per heavy atom. The van der Waals surface area contributed by atoms with Crippen molar-refractivity contribution in [2.45, 2.75) is 83.8 Å². The summed E-state index contributed by atoms with van der Waals surface area (Å²) >= 11 is 1.74. The van der Waals surface area contributed by atoms with E-state index in [4.69, 9.17) is 0 Å². The molecule has 1 N–H and O–H groups in total. The Hall–Kier alpha value is -2.60. The standard InChI is InChI=1S/C27H33N3O2S/c1-4-20-15-22-24(33-20)16-23-25(31)30(21-14-10-9-11-18(21)2)27(3,17-29(22)23)26(32)28-19-12-7-5-6-8-13-19/h9-11,14-16,19H,4-8,12-13,17H2,1-3H3,(H,28,32)/t27-/m1/s1. The molecule has 1 saturated carbocycles. The van der Waals surface area contributed by atoms with Crippen LogP contribution in [0.3, 0.4) is 0 Å². The van der Waals surface area contributed by atoms with Crippen LogP contribution in [0.15, 0.2) is 36.4 Å². The van der Waals surface area contributed by atoms with Crippen LogP contribution in [-0.2, 0) is 17.8 Å². The maximum atomic E-state index is 14.0. The number of aromatic nitrogens is 1. The molecule has 3 heterocycles. The van der Waals surface area contributed by atoms with Gasteiger partial charge in [-0.05, 0) is 56.9 Å². The second-order valence-electron chi connectivity index (χ2n) is 9.79. The number of anilines is 1. The zero-order valence-electron chi connectivity index (χ0n) is 19.8. The smallest absolute Gasteiger partial charge is 0.275 e. The number of thiophene rings is 1. The number of rotatable bonds is 4. The fourth-order valence-electron chi connectivity index (χ4n) is 5.46. The highest BCUT2D eigenvalue weighted by molar-refractivity contribution is 7.19. The van der Waals surface area contributed by atoms with E-state index in [2.05, 4.69) is 22.9 Å². The highest BCUT2D eigenvalue weighted by Crippen LogP contribution is 2.39. The van der Waals surface area contributed by atoms with Gasteiger partial charge in [-0.2, -0.15) is 0 Å². The molecule has 5 rings (SSSR count). The molecule has 0 radical (unpaired) electrons. The predicted molar refractivity (Wildman–Crippen MR) is 135 cm³/mol. The molecule has 1 atom stereocenters. The van der Waals surface area contributed by atoms with Crippen molar-refractivity contribution in [3.05, 3.63) is 52.5 Å². The van der Waals surface area contributed by atoms with Crippen LogP contribution >= 0.6 is 11.3 Å². The first-order valence-corrected chi connectivity index (χ1v) is 13.1. The molecule has 0 unspecified atom stereocenters. The topological polar surface area (TPSA) is 54.3 Å². The van der Waals surface area contributed by atoms with Gasteiger partial charge < -0.3 is 9.88 Å². The van der Waals surface area contributed by atoms with Gasteiger partial charge in [-0.1, -0.05) is 50.8 Å². The van der Waals surface area contributed by atoms with E-state index in [0.29, 0.717) is 12.2 Å². The number of nitrogens with one attached hydrogen (secondary N) is 1. The zero-order chi connectivity index (χ0) is 23.2. The molecular formula is C27H33N3O2S. The van der Waals surface area contributed by atoms with Gasteiger partial charge in [0.25, 0.3) is 5.91 Å². The van der Waals surface area contributed by atoms with Crippen molar-refractivity contribution < 1.29 is 9.59 Å². The normalized spacial score (nSPS) is 21.8. The van der Waals surface area contributed by atoms with Gasteiger partial charge in [-0.25, -0.2) is 0 Å². The molecule has 2 aliphatic rings. The SMILES string of the molecule is CCc1cc2c(cc3n2C[C@](C)(C(=O)NC2CCCCCC2)N(c2ccccc2C)C3=O)s1. The highest BCUT2D eigenvalue weighted by atomic mass is 32.1. The minimum Gasteiger partial charge on any atom is -0.351 e. The van der Waals surface area contributed by atoms with Gasteiger partial charge in [0.05, 0.1) is 16.8 Å². The van der Waals surface area contributed by atoms with E-state index < -0.39 is 5.54 Å². The third-order valence-electron chi connectivity index (χ3n) is 7.41. The number of carbonyl (C=O) groups is 2. The summed E-state index contributed by atoms with van der Waals surface area (Å²) in [7, 11) is 0. The Morgan fingerprint density at radius 3 is 2.58 bits per heavy atom. The van der Waals surface area contributed by atoms with Crippen LogP contribution in [-0.4, -0.2) is 28.0 Å². The predicted octanol–water partition coefficient (Wildman–Crippen LogP) is 5.83. The van der Waals surface area contributed by atoms with Crippen LogP contribution in [0.1, 0.15) is 73.3 Å². The third-order valence-corrected chi connectivity index (χ3v) is 8.62. The number of carbonyl (C=O) groups excluding carboxylic acids is 2. The van der Waals surface area contributed by atoms with Crippen LogP contribution in [0, 0.1) is 6.92 Å². The van der Waals surface area contributed by atoms with E-state index >= 15 is 0 Å². The average Bonchev–Trinajstić information content (AvgIpc) is 3.24. The Bertz CT molecular complexity index is 1200. The van der Waals surface area contributed by atoms with Gasteiger partial charge in [0.2, 0.25) is 5.91 Å². The number of benzene rings is 1. The molecule has 5 nitrogen and oxygen atoms in total. The summed E-state index contributed by atoms with van der Waals surface area (Å²) in [6, 6.07) is 12.3. The first-order valence-electron chi connectivity index (χ1n) is 12.3. The lowest BCUT2D eigenvalue weighted by molar-refractivity contribution is -0.127. The molecule has 0 bridgehead atoms. The Labute approximate surface area is 199 Å². The first kappa shape index (κ1) is 22.2. The van der Waals surface area contributed by atoms with Crippen molar-refractivity contribution in [2.75, 3.05) is 4.90 Å². The summed E-state index contributed by atoms with van der Waals surface area (Å²) in [5.41, 5.74) is 2.53. The number of amides is 2. The molecule has 174 valence electrons. The number of para-hydroxylation sites is 1. The van der Waals surface area contributed by atoms with Crippen molar-refractivity contribution >= 4 is 39.1 Å². The van der Waals surface area contributed by atoms with Crippen molar-refractivity contribution in [1.29, 1.82) is 0 Å². The maximum Gasteiger partial charge on any atom is 0.275 e. The summed E-state index contributed by atoms with van der Waals surface area (Å²) in [6.45, 7) is 6.54. The fourth-order valence-corrected chi connectivity index (χ4v) is 6.50. The third kappa shape index (κ3) is 3.78. The lowest BCUT2D eigenvalue weighted by Gasteiger charge is -2.45. The monoisotopic (exact) mass is 463 g/mol. The quantitative estimate of drug-likeness (QED) is 0.495. The van der Waals surface area contributed by atoms with Crippen molar-refractivity contribution in [3.8, 4) is 0 Å². The Balaban J connectivity index is 1.60. The number of hydrogen-bond donors (Lipinski definition) is 1. The van der Waals surface area contributed by atoms with Gasteiger partial charge in [-0.15, -0.1) is 11.3 Å². The Morgan fingerprint density at radius 1 is 1.15 bits per heavy atom. The zero-order valence-corrected chi connectivity index (χ0v) is 20.6. The molecule has 0 saturated heterocycles. The maximum absolute atomic E-state index is 14.0. The summed E-state index contributed by atoms with van der Waals surface area (Å²) < 4.78 is 3.20. The van der Waals surface area contributed by atoms with Gasteiger partial charge in [0, 0.05) is 16.6 Å². The van der Waals surface area contributed by atoms with E-state index in [-0.39, 0.29) is 17.9 Å². The summed E-state index contributed by atoms with van der Waals surface area (Å²) in [4.78, 5) is 31.0. The fraction of sp³-hybridized carbons (Fsp3) is 0.481. The molecule has 2 amide bonds. The number of aryl methyl sites for hydroxylation is 2. The van der Waals surface area contributed by atoms with E-state index in [1.165, 1.54) is 17.7 Å². The number of fused-ring (bicyclic) bond motifs is 3. The van der Waals surface area contributed by atoms with Gasteiger partial charge in [0.15, 0.2) is 0 Å². The summed E-state index contributed by atoms with van der Waals surface area (Å²) in [6.07, 6.45) is 7.78. The van der Waals surface area contributed by atoms with Gasteiger partial charge in [-0.3, -0.25) is 14.5 Å². The van der Waals surface area contributed by atoms with Crippen molar-refractivity contribution in [2.24, 2.45) is 0 Å². The van der Waals surface area contributed by atoms with E-state index in [9.17, 15) is 9.59 Å². The first-order chi connectivity index (χ1) is 15.9. The van der Waals surface area contributed by atoms with Gasteiger partial charge >= 0.3 is 0 Å². The lowest BCUT2D eigenvalue weighted by Crippen LogP contribution is -2.65. The molecule has 1 aromatic carbocycles. The van der Waals surface area contributed by atoms with Crippen LogP contribution in [0.2, 0.25) is 0 Å². The van der Waals surface area contributed by atoms with Gasteiger partial charge in [0.1, 0.15) is 11.2 Å². The minimum atomic E-state index is -1.01. The molecular weight excluding hydrogens is 430 g/mol.